The van der Waals surface area contributed by atoms with Crippen LogP contribution in [0.3, 0.4) is 0 Å². The zero-order valence-corrected chi connectivity index (χ0v) is 7.66. The summed E-state index contributed by atoms with van der Waals surface area (Å²) in [6, 6.07) is 2.29. The molecule has 0 aliphatic rings. The van der Waals surface area contributed by atoms with E-state index in [-0.39, 0.29) is 5.56 Å². The van der Waals surface area contributed by atoms with Gasteiger partial charge in [0.25, 0.3) is 0 Å². The van der Waals surface area contributed by atoms with Crippen molar-refractivity contribution in [3.8, 4) is 11.5 Å². The second-order valence-corrected chi connectivity index (χ2v) is 3.02. The van der Waals surface area contributed by atoms with Crippen LogP contribution in [0.25, 0.3) is 0 Å². The smallest absolute Gasteiger partial charge is 0.323 e. The second-order valence-electron chi connectivity index (χ2n) is 3.02. The Kier molecular flexibility index (Phi) is 3.13. The molecule has 0 radical (unpaired) electrons. The number of carbonyl (C=O) groups is 1. The minimum atomic E-state index is -1.57. The number of nitrogens with two attached hydrogens (primary N) is 1. The van der Waals surface area contributed by atoms with Gasteiger partial charge in [-0.25, -0.2) is 0 Å². The quantitative estimate of drug-likeness (QED) is 0.433. The Morgan fingerprint density at radius 1 is 1.33 bits per heavy atom. The highest BCUT2D eigenvalue weighted by molar-refractivity contribution is 5.74. The highest BCUT2D eigenvalue weighted by Crippen LogP contribution is 2.33. The van der Waals surface area contributed by atoms with E-state index in [1.165, 1.54) is 18.2 Å². The zero-order valence-electron chi connectivity index (χ0n) is 7.66. The lowest BCUT2D eigenvalue weighted by atomic mass is 10.0. The maximum absolute atomic E-state index is 10.5. The first-order valence-corrected chi connectivity index (χ1v) is 4.12. The number of rotatable bonds is 3. The van der Waals surface area contributed by atoms with E-state index in [0.29, 0.717) is 0 Å². The van der Waals surface area contributed by atoms with Gasteiger partial charge >= 0.3 is 5.97 Å². The average molecular weight is 213 g/mol. The molecule has 0 aliphatic heterocycles. The number of aromatic hydroxyl groups is 2. The van der Waals surface area contributed by atoms with Crippen LogP contribution in [0.5, 0.6) is 11.5 Å². The molecule has 0 aliphatic carbocycles. The molecule has 0 heterocycles. The Balaban J connectivity index is 3.06. The van der Waals surface area contributed by atoms with Crippen molar-refractivity contribution >= 4 is 5.97 Å². The molecule has 1 aromatic carbocycles. The maximum atomic E-state index is 10.5. The van der Waals surface area contributed by atoms with Crippen LogP contribution in [0.15, 0.2) is 18.2 Å². The van der Waals surface area contributed by atoms with Gasteiger partial charge in [-0.05, 0) is 6.07 Å². The summed E-state index contributed by atoms with van der Waals surface area (Å²) in [5.74, 6) is -2.41. The summed E-state index contributed by atoms with van der Waals surface area (Å²) in [6.07, 6.45) is -1.57. The molecule has 0 aromatic heterocycles. The van der Waals surface area contributed by atoms with Crippen molar-refractivity contribution in [2.75, 3.05) is 0 Å². The van der Waals surface area contributed by atoms with E-state index in [0.717, 1.165) is 0 Å². The first-order valence-electron chi connectivity index (χ1n) is 4.12. The molecule has 0 spiro atoms. The molecule has 15 heavy (non-hydrogen) atoms. The number of aliphatic hydroxyl groups excluding tert-OH is 1. The van der Waals surface area contributed by atoms with Gasteiger partial charge in [-0.2, -0.15) is 0 Å². The number of aliphatic carboxylic acids is 1. The Hall–Kier alpha value is -1.79. The minimum Gasteiger partial charge on any atom is -0.504 e. The second kappa shape index (κ2) is 4.16. The third-order valence-corrected chi connectivity index (χ3v) is 1.99. The Labute approximate surface area is 85.2 Å². The predicted molar refractivity (Wildman–Crippen MR) is 50.3 cm³/mol. The van der Waals surface area contributed by atoms with E-state index in [2.05, 4.69) is 0 Å². The third kappa shape index (κ3) is 2.17. The maximum Gasteiger partial charge on any atom is 0.323 e. The fraction of sp³-hybridized carbons (Fsp3) is 0.222. The van der Waals surface area contributed by atoms with Crippen molar-refractivity contribution in [3.63, 3.8) is 0 Å². The lowest BCUT2D eigenvalue weighted by molar-refractivity contribution is -0.141. The summed E-state index contributed by atoms with van der Waals surface area (Å²) < 4.78 is 0. The van der Waals surface area contributed by atoms with Crippen LogP contribution in [0.1, 0.15) is 11.7 Å². The fourth-order valence-corrected chi connectivity index (χ4v) is 1.12. The molecule has 82 valence electrons. The SMILES string of the molecule is NC(C(=O)O)C(O)c1cccc(O)c1O. The van der Waals surface area contributed by atoms with E-state index in [4.69, 9.17) is 15.9 Å². The molecule has 0 saturated carbocycles. The topological polar surface area (TPSA) is 124 Å². The number of benzene rings is 1. The number of carboxylic acid groups (broad SMARTS) is 1. The molecule has 6 heteroatoms. The summed E-state index contributed by atoms with van der Waals surface area (Å²) >= 11 is 0. The first-order chi connectivity index (χ1) is 6.95. The summed E-state index contributed by atoms with van der Waals surface area (Å²) in [4.78, 5) is 10.5. The first kappa shape index (κ1) is 11.3. The van der Waals surface area contributed by atoms with Crippen LogP contribution in [-0.2, 0) is 4.79 Å². The molecular formula is C9H11NO5. The molecule has 1 rings (SSSR count). The third-order valence-electron chi connectivity index (χ3n) is 1.99. The molecule has 0 saturated heterocycles. The lowest BCUT2D eigenvalue weighted by Gasteiger charge is -2.16. The van der Waals surface area contributed by atoms with Crippen molar-refractivity contribution < 1.29 is 25.2 Å². The average Bonchev–Trinajstić information content (AvgIpc) is 2.20. The van der Waals surface area contributed by atoms with Crippen LogP contribution in [-0.4, -0.2) is 32.4 Å². The summed E-state index contributed by atoms with van der Waals surface area (Å²) in [6.45, 7) is 0. The van der Waals surface area contributed by atoms with E-state index in [9.17, 15) is 15.0 Å². The van der Waals surface area contributed by atoms with Gasteiger partial charge in [0.1, 0.15) is 12.1 Å². The number of para-hydroxylation sites is 1. The molecule has 0 bridgehead atoms. The van der Waals surface area contributed by atoms with E-state index >= 15 is 0 Å². The Morgan fingerprint density at radius 2 is 1.93 bits per heavy atom. The van der Waals surface area contributed by atoms with Crippen LogP contribution >= 0.6 is 0 Å². The van der Waals surface area contributed by atoms with Gasteiger partial charge in [0, 0.05) is 5.56 Å². The normalized spacial score (nSPS) is 14.5. The zero-order chi connectivity index (χ0) is 11.6. The van der Waals surface area contributed by atoms with Crippen LogP contribution in [0.2, 0.25) is 0 Å². The molecule has 6 N–H and O–H groups in total. The highest BCUT2D eigenvalue weighted by Gasteiger charge is 2.26. The largest absolute Gasteiger partial charge is 0.504 e. The van der Waals surface area contributed by atoms with Gasteiger partial charge in [-0.1, -0.05) is 12.1 Å². The van der Waals surface area contributed by atoms with Gasteiger partial charge in [-0.3, -0.25) is 4.79 Å². The molecule has 6 nitrogen and oxygen atoms in total. The molecular weight excluding hydrogens is 202 g/mol. The van der Waals surface area contributed by atoms with Crippen molar-refractivity contribution in [2.45, 2.75) is 12.1 Å². The van der Waals surface area contributed by atoms with Gasteiger partial charge in [-0.15, -0.1) is 0 Å². The lowest BCUT2D eigenvalue weighted by Crippen LogP contribution is -2.36. The summed E-state index contributed by atoms with van der Waals surface area (Å²) in [5, 5.41) is 36.5. The highest BCUT2D eigenvalue weighted by atomic mass is 16.4. The van der Waals surface area contributed by atoms with Gasteiger partial charge in [0.15, 0.2) is 11.5 Å². The summed E-state index contributed by atoms with van der Waals surface area (Å²) in [7, 11) is 0. The Morgan fingerprint density at radius 3 is 2.47 bits per heavy atom. The van der Waals surface area contributed by atoms with Crippen molar-refractivity contribution in [1.29, 1.82) is 0 Å². The van der Waals surface area contributed by atoms with E-state index < -0.39 is 29.6 Å². The molecule has 0 amide bonds. The van der Waals surface area contributed by atoms with Crippen LogP contribution in [0.4, 0.5) is 0 Å². The molecule has 1 aromatic rings. The van der Waals surface area contributed by atoms with Crippen LogP contribution < -0.4 is 5.73 Å². The van der Waals surface area contributed by atoms with Crippen LogP contribution in [0, 0.1) is 0 Å². The van der Waals surface area contributed by atoms with E-state index in [1.54, 1.807) is 0 Å². The number of hydrogen-bond donors (Lipinski definition) is 5. The monoisotopic (exact) mass is 213 g/mol. The Bertz CT molecular complexity index is 379. The molecule has 0 fully saturated rings. The van der Waals surface area contributed by atoms with Crippen molar-refractivity contribution in [3.05, 3.63) is 23.8 Å². The standard InChI is InChI=1S/C9H11NO5/c10-6(9(14)15)8(13)4-2-1-3-5(11)7(4)12/h1-3,6,8,11-13H,10H2,(H,14,15). The van der Waals surface area contributed by atoms with Crippen molar-refractivity contribution in [2.24, 2.45) is 5.73 Å². The van der Waals surface area contributed by atoms with Crippen molar-refractivity contribution in [1.82, 2.24) is 0 Å². The van der Waals surface area contributed by atoms with Gasteiger partial charge in [0.05, 0.1) is 0 Å². The predicted octanol–water partition coefficient (Wildman–Crippen LogP) is -0.457. The minimum absolute atomic E-state index is 0.120. The molecule has 2 atom stereocenters. The number of phenolic OH excluding ortho intramolecular Hbond substituents is 2. The number of aliphatic hydroxyl groups is 1. The fourth-order valence-electron chi connectivity index (χ4n) is 1.12. The van der Waals surface area contributed by atoms with Gasteiger partial charge < -0.3 is 26.2 Å². The van der Waals surface area contributed by atoms with E-state index in [1.807, 2.05) is 0 Å². The number of phenols is 2. The molecule has 2 unspecified atom stereocenters. The number of carboxylic acids is 1. The summed E-state index contributed by atoms with van der Waals surface area (Å²) in [5.41, 5.74) is 5.05. The number of hydrogen-bond acceptors (Lipinski definition) is 5. The van der Waals surface area contributed by atoms with Gasteiger partial charge in [0.2, 0.25) is 0 Å².